The predicted molar refractivity (Wildman–Crippen MR) is 93.5 cm³/mol. The van der Waals surface area contributed by atoms with Crippen molar-refractivity contribution in [1.82, 2.24) is 15.3 Å². The zero-order valence-electron chi connectivity index (χ0n) is 14.0. The summed E-state index contributed by atoms with van der Waals surface area (Å²) in [5.74, 6) is 0.851. The highest BCUT2D eigenvalue weighted by Crippen LogP contribution is 2.25. The summed E-state index contributed by atoms with van der Waals surface area (Å²) in [5.41, 5.74) is 1.77. The van der Waals surface area contributed by atoms with Gasteiger partial charge in [-0.3, -0.25) is 4.79 Å². The van der Waals surface area contributed by atoms with Gasteiger partial charge in [-0.1, -0.05) is 17.7 Å². The van der Waals surface area contributed by atoms with Gasteiger partial charge in [0.05, 0.1) is 0 Å². The van der Waals surface area contributed by atoms with Crippen molar-refractivity contribution in [1.29, 1.82) is 0 Å². The van der Waals surface area contributed by atoms with Crippen LogP contribution in [0.3, 0.4) is 0 Å². The maximum absolute atomic E-state index is 12.3. The average Bonchev–Trinajstić information content (AvgIpc) is 2.41. The molecule has 1 aromatic heterocycles. The molecular formula is C17H21ClN4O. The molecule has 0 spiro atoms. The van der Waals surface area contributed by atoms with Gasteiger partial charge < -0.3 is 10.6 Å². The van der Waals surface area contributed by atoms with Gasteiger partial charge in [-0.25, -0.2) is 9.97 Å². The van der Waals surface area contributed by atoms with Crippen molar-refractivity contribution < 1.29 is 4.79 Å². The molecule has 1 aromatic carbocycles. The third-order valence-electron chi connectivity index (χ3n) is 3.09. The minimum Gasteiger partial charge on any atom is -0.346 e. The lowest BCUT2D eigenvalue weighted by Crippen LogP contribution is -2.41. The van der Waals surface area contributed by atoms with E-state index in [-0.39, 0.29) is 11.4 Å². The molecule has 1 amide bonds. The van der Waals surface area contributed by atoms with E-state index in [1.807, 2.05) is 45.9 Å². The van der Waals surface area contributed by atoms with Crippen molar-refractivity contribution in [3.63, 3.8) is 0 Å². The highest BCUT2D eigenvalue weighted by atomic mass is 35.5. The maximum Gasteiger partial charge on any atom is 0.270 e. The number of rotatable bonds is 3. The number of halogens is 1. The second kappa shape index (κ2) is 6.54. The molecule has 0 aliphatic heterocycles. The van der Waals surface area contributed by atoms with Crippen molar-refractivity contribution in [3.05, 3.63) is 46.4 Å². The highest BCUT2D eigenvalue weighted by molar-refractivity contribution is 6.31. The van der Waals surface area contributed by atoms with Crippen molar-refractivity contribution in [2.24, 2.45) is 0 Å². The second-order valence-corrected chi connectivity index (χ2v) is 6.83. The zero-order chi connectivity index (χ0) is 17.2. The summed E-state index contributed by atoms with van der Waals surface area (Å²) in [6.07, 6.45) is 0. The van der Waals surface area contributed by atoms with Crippen molar-refractivity contribution in [2.75, 3.05) is 5.32 Å². The van der Waals surface area contributed by atoms with E-state index in [0.29, 0.717) is 22.4 Å². The first-order valence-corrected chi connectivity index (χ1v) is 7.74. The molecule has 2 N–H and O–H groups in total. The lowest BCUT2D eigenvalue weighted by molar-refractivity contribution is 0.0914. The monoisotopic (exact) mass is 332 g/mol. The van der Waals surface area contributed by atoms with Crippen LogP contribution in [0, 0.1) is 13.8 Å². The average molecular weight is 333 g/mol. The Labute approximate surface area is 141 Å². The van der Waals surface area contributed by atoms with Gasteiger partial charge in [-0.2, -0.15) is 0 Å². The molecule has 0 aliphatic rings. The minimum absolute atomic E-state index is 0.228. The van der Waals surface area contributed by atoms with Crippen LogP contribution >= 0.6 is 11.6 Å². The van der Waals surface area contributed by atoms with E-state index in [4.69, 9.17) is 11.6 Å². The molecular weight excluding hydrogens is 312 g/mol. The zero-order valence-corrected chi connectivity index (χ0v) is 14.7. The first kappa shape index (κ1) is 17.2. The van der Waals surface area contributed by atoms with Crippen LogP contribution in [0.25, 0.3) is 0 Å². The predicted octanol–water partition coefficient (Wildman–Crippen LogP) is 4.02. The number of hydrogen-bond donors (Lipinski definition) is 2. The van der Waals surface area contributed by atoms with E-state index in [2.05, 4.69) is 20.6 Å². The van der Waals surface area contributed by atoms with Crippen LogP contribution in [-0.2, 0) is 0 Å². The fraction of sp³-hybridized carbons (Fsp3) is 0.353. The summed E-state index contributed by atoms with van der Waals surface area (Å²) in [6.45, 7) is 9.45. The number of anilines is 2. The van der Waals surface area contributed by atoms with Crippen molar-refractivity contribution in [2.45, 2.75) is 40.2 Å². The Balaban J connectivity index is 2.30. The Morgan fingerprint density at radius 2 is 1.87 bits per heavy atom. The number of nitrogens with one attached hydrogen (secondary N) is 2. The number of amides is 1. The fourth-order valence-corrected chi connectivity index (χ4v) is 2.21. The third kappa shape index (κ3) is 4.66. The van der Waals surface area contributed by atoms with E-state index in [1.54, 1.807) is 13.0 Å². The SMILES string of the molecule is Cc1nc(Nc2cccc(Cl)c2C)cc(C(=O)NC(C)(C)C)n1. The summed E-state index contributed by atoms with van der Waals surface area (Å²) in [7, 11) is 0. The van der Waals surface area contributed by atoms with Gasteiger partial charge in [0.2, 0.25) is 0 Å². The first-order valence-electron chi connectivity index (χ1n) is 7.36. The quantitative estimate of drug-likeness (QED) is 0.890. The topological polar surface area (TPSA) is 66.9 Å². The number of carbonyl (C=O) groups excluding carboxylic acids is 1. The Bertz CT molecular complexity index is 738. The number of aryl methyl sites for hydroxylation is 1. The number of hydrogen-bond acceptors (Lipinski definition) is 4. The van der Waals surface area contributed by atoms with E-state index in [9.17, 15) is 4.79 Å². The van der Waals surface area contributed by atoms with E-state index in [0.717, 1.165) is 11.3 Å². The molecule has 2 aromatic rings. The Hall–Kier alpha value is -2.14. The standard InChI is InChI=1S/C17H21ClN4O/c1-10-12(18)7-6-8-13(10)21-15-9-14(19-11(2)20-15)16(23)22-17(3,4)5/h6-9H,1-5H3,(H,22,23)(H,19,20,21). The molecule has 0 saturated carbocycles. The minimum atomic E-state index is -0.326. The van der Waals surface area contributed by atoms with Crippen LogP contribution in [0.1, 0.15) is 42.6 Å². The van der Waals surface area contributed by atoms with Crippen LogP contribution in [-0.4, -0.2) is 21.4 Å². The van der Waals surface area contributed by atoms with Gasteiger partial charge >= 0.3 is 0 Å². The summed E-state index contributed by atoms with van der Waals surface area (Å²) in [5, 5.41) is 6.77. The van der Waals surface area contributed by atoms with Crippen LogP contribution in [0.5, 0.6) is 0 Å². The summed E-state index contributed by atoms with van der Waals surface area (Å²) in [6, 6.07) is 7.23. The van der Waals surface area contributed by atoms with E-state index < -0.39 is 0 Å². The fourth-order valence-electron chi connectivity index (χ4n) is 2.03. The molecule has 0 atom stereocenters. The molecule has 23 heavy (non-hydrogen) atoms. The lowest BCUT2D eigenvalue weighted by Gasteiger charge is -2.20. The number of aromatic nitrogens is 2. The lowest BCUT2D eigenvalue weighted by atomic mass is 10.1. The molecule has 0 unspecified atom stereocenters. The molecule has 0 aliphatic carbocycles. The summed E-state index contributed by atoms with van der Waals surface area (Å²) >= 11 is 6.13. The van der Waals surface area contributed by atoms with Gasteiger partial charge in [0.15, 0.2) is 0 Å². The highest BCUT2D eigenvalue weighted by Gasteiger charge is 2.17. The Kier molecular flexibility index (Phi) is 4.90. The number of nitrogens with zero attached hydrogens (tertiary/aromatic N) is 2. The Morgan fingerprint density at radius 3 is 2.52 bits per heavy atom. The van der Waals surface area contributed by atoms with Gasteiger partial charge in [0.1, 0.15) is 17.3 Å². The van der Waals surface area contributed by atoms with Crippen LogP contribution < -0.4 is 10.6 Å². The van der Waals surface area contributed by atoms with Gasteiger partial charge in [-0.05, 0) is 52.3 Å². The van der Waals surface area contributed by atoms with Gasteiger partial charge in [-0.15, -0.1) is 0 Å². The second-order valence-electron chi connectivity index (χ2n) is 6.43. The molecule has 5 nitrogen and oxygen atoms in total. The molecule has 2 rings (SSSR count). The molecule has 0 saturated heterocycles. The maximum atomic E-state index is 12.3. The normalized spacial score (nSPS) is 11.2. The smallest absolute Gasteiger partial charge is 0.270 e. The number of benzene rings is 1. The summed E-state index contributed by atoms with van der Waals surface area (Å²) in [4.78, 5) is 20.8. The summed E-state index contributed by atoms with van der Waals surface area (Å²) < 4.78 is 0. The first-order chi connectivity index (χ1) is 10.7. The molecule has 6 heteroatoms. The van der Waals surface area contributed by atoms with Gasteiger partial charge in [0.25, 0.3) is 5.91 Å². The van der Waals surface area contributed by atoms with Gasteiger partial charge in [0, 0.05) is 22.3 Å². The molecule has 0 radical (unpaired) electrons. The van der Waals surface area contributed by atoms with Crippen molar-refractivity contribution >= 4 is 29.0 Å². The number of carbonyl (C=O) groups is 1. The van der Waals surface area contributed by atoms with Crippen LogP contribution in [0.4, 0.5) is 11.5 Å². The van der Waals surface area contributed by atoms with Crippen LogP contribution in [0.15, 0.2) is 24.3 Å². The van der Waals surface area contributed by atoms with E-state index >= 15 is 0 Å². The molecule has 0 bridgehead atoms. The van der Waals surface area contributed by atoms with E-state index in [1.165, 1.54) is 0 Å². The third-order valence-corrected chi connectivity index (χ3v) is 3.50. The molecule has 0 fully saturated rings. The largest absolute Gasteiger partial charge is 0.346 e. The molecule has 122 valence electrons. The Morgan fingerprint density at radius 1 is 1.17 bits per heavy atom. The van der Waals surface area contributed by atoms with Crippen LogP contribution in [0.2, 0.25) is 5.02 Å². The molecule has 1 heterocycles. The van der Waals surface area contributed by atoms with Crippen molar-refractivity contribution in [3.8, 4) is 0 Å².